The molecule has 136 valence electrons. The van der Waals surface area contributed by atoms with E-state index in [9.17, 15) is 0 Å². The van der Waals surface area contributed by atoms with E-state index in [1.54, 1.807) is 0 Å². The molecule has 0 bridgehead atoms. The van der Waals surface area contributed by atoms with E-state index in [2.05, 4.69) is 45.2 Å². The minimum atomic E-state index is 0.782. The lowest BCUT2D eigenvalue weighted by Gasteiger charge is -2.37. The summed E-state index contributed by atoms with van der Waals surface area (Å²) in [4.78, 5) is 9.71. The molecule has 0 saturated carbocycles. The average Bonchev–Trinajstić information content (AvgIpc) is 3.08. The summed E-state index contributed by atoms with van der Waals surface area (Å²) in [6, 6.07) is 18.5. The number of hydrogen-bond acceptors (Lipinski definition) is 4. The zero-order valence-corrected chi connectivity index (χ0v) is 15.9. The van der Waals surface area contributed by atoms with Gasteiger partial charge in [-0.2, -0.15) is 5.10 Å². The summed E-state index contributed by atoms with van der Waals surface area (Å²) >= 11 is 6.16. The molecule has 0 N–H and O–H groups in total. The summed E-state index contributed by atoms with van der Waals surface area (Å²) in [7, 11) is 0. The summed E-state index contributed by atoms with van der Waals surface area (Å²) in [6.07, 6.45) is 0. The van der Waals surface area contributed by atoms with Crippen molar-refractivity contribution < 1.29 is 0 Å². The molecular formula is C21H20ClN5. The molecule has 3 heterocycles. The van der Waals surface area contributed by atoms with Crippen molar-refractivity contribution in [1.82, 2.24) is 14.6 Å². The first-order chi connectivity index (χ1) is 13.2. The van der Waals surface area contributed by atoms with Gasteiger partial charge in [0.15, 0.2) is 5.65 Å². The summed E-state index contributed by atoms with van der Waals surface area (Å²) in [5.74, 6) is 1.05. The van der Waals surface area contributed by atoms with Gasteiger partial charge in [-0.25, -0.2) is 9.50 Å². The number of benzene rings is 2. The van der Waals surface area contributed by atoms with Crippen LogP contribution in [-0.2, 0) is 0 Å². The SMILES string of the molecule is Cc1cc2nc(N3CCN(c4cccc(Cl)c4)CC3)c3ccccc3n2n1. The van der Waals surface area contributed by atoms with Gasteiger partial charge in [0.05, 0.1) is 11.2 Å². The van der Waals surface area contributed by atoms with Gasteiger partial charge in [0.2, 0.25) is 0 Å². The molecule has 2 aromatic carbocycles. The van der Waals surface area contributed by atoms with Crippen LogP contribution in [0.2, 0.25) is 5.02 Å². The second-order valence-corrected chi connectivity index (χ2v) is 7.40. The molecule has 1 saturated heterocycles. The smallest absolute Gasteiger partial charge is 0.158 e. The van der Waals surface area contributed by atoms with Gasteiger partial charge in [-0.05, 0) is 37.3 Å². The maximum Gasteiger partial charge on any atom is 0.158 e. The average molecular weight is 378 g/mol. The fraction of sp³-hybridized carbons (Fsp3) is 0.238. The van der Waals surface area contributed by atoms with Crippen LogP contribution in [0, 0.1) is 6.92 Å². The molecule has 5 nitrogen and oxygen atoms in total. The first-order valence-electron chi connectivity index (χ1n) is 9.20. The van der Waals surface area contributed by atoms with E-state index in [1.165, 1.54) is 5.69 Å². The van der Waals surface area contributed by atoms with Crippen LogP contribution in [0.5, 0.6) is 0 Å². The minimum Gasteiger partial charge on any atom is -0.368 e. The van der Waals surface area contributed by atoms with E-state index >= 15 is 0 Å². The van der Waals surface area contributed by atoms with Crippen molar-refractivity contribution >= 4 is 39.7 Å². The molecule has 0 unspecified atom stereocenters. The van der Waals surface area contributed by atoms with Crippen molar-refractivity contribution in [2.75, 3.05) is 36.0 Å². The number of para-hydroxylation sites is 1. The quantitative estimate of drug-likeness (QED) is 0.525. The molecule has 5 rings (SSSR count). The van der Waals surface area contributed by atoms with E-state index in [4.69, 9.17) is 16.6 Å². The first kappa shape index (κ1) is 16.4. The number of rotatable bonds is 2. The van der Waals surface area contributed by atoms with Crippen molar-refractivity contribution in [3.63, 3.8) is 0 Å². The highest BCUT2D eigenvalue weighted by molar-refractivity contribution is 6.30. The van der Waals surface area contributed by atoms with Gasteiger partial charge >= 0.3 is 0 Å². The van der Waals surface area contributed by atoms with E-state index in [1.807, 2.05) is 35.7 Å². The number of piperazine rings is 1. The normalized spacial score (nSPS) is 15.0. The molecule has 0 aliphatic carbocycles. The number of aryl methyl sites for hydroxylation is 1. The van der Waals surface area contributed by atoms with Crippen LogP contribution in [0.4, 0.5) is 11.5 Å². The number of hydrogen-bond donors (Lipinski definition) is 0. The molecule has 0 spiro atoms. The Labute approximate surface area is 162 Å². The van der Waals surface area contributed by atoms with E-state index in [-0.39, 0.29) is 0 Å². The molecule has 2 aromatic heterocycles. The van der Waals surface area contributed by atoms with Crippen LogP contribution >= 0.6 is 11.6 Å². The predicted octanol–water partition coefficient (Wildman–Crippen LogP) is 4.17. The molecule has 0 atom stereocenters. The fourth-order valence-electron chi connectivity index (χ4n) is 3.85. The van der Waals surface area contributed by atoms with Gasteiger partial charge in [0.25, 0.3) is 0 Å². The number of anilines is 2. The molecule has 0 radical (unpaired) electrons. The predicted molar refractivity (Wildman–Crippen MR) is 111 cm³/mol. The van der Waals surface area contributed by atoms with Crippen molar-refractivity contribution in [2.45, 2.75) is 6.92 Å². The Kier molecular flexibility index (Phi) is 3.90. The second-order valence-electron chi connectivity index (χ2n) is 6.96. The van der Waals surface area contributed by atoms with Gasteiger partial charge in [-0.3, -0.25) is 0 Å². The lowest BCUT2D eigenvalue weighted by atomic mass is 10.2. The number of halogens is 1. The van der Waals surface area contributed by atoms with Crippen LogP contribution in [0.15, 0.2) is 54.6 Å². The van der Waals surface area contributed by atoms with Gasteiger partial charge in [0, 0.05) is 48.3 Å². The Morgan fingerprint density at radius 2 is 1.67 bits per heavy atom. The highest BCUT2D eigenvalue weighted by Gasteiger charge is 2.21. The molecule has 6 heteroatoms. The van der Waals surface area contributed by atoms with Crippen molar-refractivity contribution in [3.8, 4) is 0 Å². The molecule has 1 aliphatic heterocycles. The van der Waals surface area contributed by atoms with Crippen LogP contribution in [0.1, 0.15) is 5.69 Å². The van der Waals surface area contributed by atoms with Gasteiger partial charge in [-0.15, -0.1) is 0 Å². The number of fused-ring (bicyclic) bond motifs is 3. The Morgan fingerprint density at radius 1 is 0.889 bits per heavy atom. The van der Waals surface area contributed by atoms with Gasteiger partial charge in [-0.1, -0.05) is 29.8 Å². The number of nitrogens with zero attached hydrogens (tertiary/aromatic N) is 5. The van der Waals surface area contributed by atoms with Gasteiger partial charge in [0.1, 0.15) is 5.82 Å². The maximum absolute atomic E-state index is 6.16. The Morgan fingerprint density at radius 3 is 2.48 bits per heavy atom. The van der Waals surface area contributed by atoms with Crippen LogP contribution < -0.4 is 9.80 Å². The largest absolute Gasteiger partial charge is 0.368 e. The lowest BCUT2D eigenvalue weighted by molar-refractivity contribution is 0.649. The first-order valence-corrected chi connectivity index (χ1v) is 9.57. The highest BCUT2D eigenvalue weighted by atomic mass is 35.5. The van der Waals surface area contributed by atoms with Crippen molar-refractivity contribution in [2.24, 2.45) is 0 Å². The zero-order chi connectivity index (χ0) is 18.4. The van der Waals surface area contributed by atoms with Gasteiger partial charge < -0.3 is 9.80 Å². The third kappa shape index (κ3) is 2.88. The molecule has 4 aromatic rings. The molecule has 27 heavy (non-hydrogen) atoms. The number of aromatic nitrogens is 3. The zero-order valence-electron chi connectivity index (χ0n) is 15.1. The van der Waals surface area contributed by atoms with Crippen molar-refractivity contribution in [1.29, 1.82) is 0 Å². The maximum atomic E-state index is 6.16. The van der Waals surface area contributed by atoms with E-state index in [0.29, 0.717) is 0 Å². The van der Waals surface area contributed by atoms with Crippen LogP contribution in [-0.4, -0.2) is 40.8 Å². The lowest BCUT2D eigenvalue weighted by Crippen LogP contribution is -2.47. The van der Waals surface area contributed by atoms with E-state index in [0.717, 1.165) is 59.3 Å². The minimum absolute atomic E-state index is 0.782. The summed E-state index contributed by atoms with van der Waals surface area (Å²) in [5, 5.41) is 6.53. The summed E-state index contributed by atoms with van der Waals surface area (Å²) in [6.45, 7) is 5.74. The van der Waals surface area contributed by atoms with Crippen molar-refractivity contribution in [3.05, 3.63) is 65.3 Å². The standard InChI is InChI=1S/C21H20ClN5/c1-15-13-20-23-21(18-7-2-3-8-19(18)27(20)24-15)26-11-9-25(10-12-26)17-6-4-5-16(22)14-17/h2-8,13-14H,9-12H2,1H3. The van der Waals surface area contributed by atoms with Crippen LogP contribution in [0.25, 0.3) is 16.6 Å². The Hall–Kier alpha value is -2.79. The molecule has 1 aliphatic rings. The third-order valence-electron chi connectivity index (χ3n) is 5.16. The topological polar surface area (TPSA) is 36.7 Å². The molecule has 1 fully saturated rings. The van der Waals surface area contributed by atoms with Crippen LogP contribution in [0.3, 0.4) is 0 Å². The fourth-order valence-corrected chi connectivity index (χ4v) is 4.03. The molecular weight excluding hydrogens is 358 g/mol. The third-order valence-corrected chi connectivity index (χ3v) is 5.39. The summed E-state index contributed by atoms with van der Waals surface area (Å²) < 4.78 is 1.94. The Bertz CT molecular complexity index is 1130. The monoisotopic (exact) mass is 377 g/mol. The molecule has 0 amide bonds. The summed E-state index contributed by atoms with van der Waals surface area (Å²) in [5.41, 5.74) is 4.17. The Balaban J connectivity index is 1.49. The highest BCUT2D eigenvalue weighted by Crippen LogP contribution is 2.28. The second kappa shape index (κ2) is 6.43. The van der Waals surface area contributed by atoms with E-state index < -0.39 is 0 Å².